The molecule has 1 aliphatic heterocycles. The number of piperidine rings is 1. The maximum absolute atomic E-state index is 14.9. The smallest absolute Gasteiger partial charge is 0.258 e. The Labute approximate surface area is 241 Å². The van der Waals surface area contributed by atoms with Gasteiger partial charge in [-0.25, -0.2) is 4.39 Å². The molecule has 1 aliphatic carbocycles. The topological polar surface area (TPSA) is 61.4 Å². The van der Waals surface area contributed by atoms with E-state index in [0.29, 0.717) is 19.0 Å². The van der Waals surface area contributed by atoms with Crippen molar-refractivity contribution in [1.29, 1.82) is 0 Å². The minimum Gasteiger partial charge on any atom is -0.382 e. The fourth-order valence-electron chi connectivity index (χ4n) is 6.16. The first kappa shape index (κ1) is 28.2. The maximum Gasteiger partial charge on any atom is 0.258 e. The Morgan fingerprint density at radius 1 is 0.950 bits per heavy atom. The van der Waals surface area contributed by atoms with E-state index in [1.54, 1.807) is 4.90 Å². The predicted molar refractivity (Wildman–Crippen MR) is 159 cm³/mol. The number of carbonyl (C=O) groups excluding carboxylic acids is 2. The third-order valence-electron chi connectivity index (χ3n) is 8.41. The molecule has 2 aliphatic rings. The van der Waals surface area contributed by atoms with E-state index in [4.69, 9.17) is 11.6 Å². The average Bonchev–Trinajstić information content (AvgIpc) is 3.44. The summed E-state index contributed by atoms with van der Waals surface area (Å²) in [5, 5.41) is 6.76. The van der Waals surface area contributed by atoms with Crippen molar-refractivity contribution in [2.75, 3.05) is 17.2 Å². The highest BCUT2D eigenvalue weighted by atomic mass is 35.5. The van der Waals surface area contributed by atoms with Crippen LogP contribution in [0.3, 0.4) is 0 Å². The average molecular weight is 562 g/mol. The van der Waals surface area contributed by atoms with Gasteiger partial charge in [0, 0.05) is 24.0 Å². The van der Waals surface area contributed by atoms with Gasteiger partial charge in [-0.05, 0) is 92.1 Å². The van der Waals surface area contributed by atoms with Gasteiger partial charge in [0.05, 0.1) is 22.5 Å². The molecule has 210 valence electrons. The molecule has 0 spiro atoms. The summed E-state index contributed by atoms with van der Waals surface area (Å²) in [6.45, 7) is 6.45. The van der Waals surface area contributed by atoms with Crippen molar-refractivity contribution in [3.05, 3.63) is 93.8 Å². The number of benzene rings is 3. The highest BCUT2D eigenvalue weighted by Crippen LogP contribution is 2.41. The number of rotatable bonds is 6. The second kappa shape index (κ2) is 12.0. The van der Waals surface area contributed by atoms with Gasteiger partial charge in [0.25, 0.3) is 5.91 Å². The Hall–Kier alpha value is -3.38. The van der Waals surface area contributed by atoms with E-state index in [9.17, 15) is 14.0 Å². The number of hydrogen-bond acceptors (Lipinski definition) is 3. The molecular weight excluding hydrogens is 525 g/mol. The van der Waals surface area contributed by atoms with Crippen LogP contribution in [0.5, 0.6) is 0 Å². The first-order valence-corrected chi connectivity index (χ1v) is 14.6. The molecule has 1 unspecified atom stereocenters. The number of likely N-dealkylation sites (tertiary alicyclic amines) is 1. The molecule has 3 aromatic carbocycles. The van der Waals surface area contributed by atoms with Gasteiger partial charge in [0.1, 0.15) is 5.82 Å². The molecule has 2 N–H and O–H groups in total. The van der Waals surface area contributed by atoms with Crippen LogP contribution in [0.15, 0.2) is 60.7 Å². The van der Waals surface area contributed by atoms with Gasteiger partial charge < -0.3 is 15.5 Å². The summed E-state index contributed by atoms with van der Waals surface area (Å²) in [6.07, 6.45) is 5.40. The zero-order valence-corrected chi connectivity index (χ0v) is 24.1. The molecule has 2 fully saturated rings. The number of anilines is 2. The molecule has 1 saturated heterocycles. The molecule has 3 aromatic rings. The summed E-state index contributed by atoms with van der Waals surface area (Å²) < 4.78 is 14.9. The lowest BCUT2D eigenvalue weighted by Gasteiger charge is -2.44. The lowest BCUT2D eigenvalue weighted by Crippen LogP contribution is -2.49. The van der Waals surface area contributed by atoms with Crippen LogP contribution in [0.2, 0.25) is 5.02 Å². The summed E-state index contributed by atoms with van der Waals surface area (Å²) in [4.78, 5) is 29.4. The van der Waals surface area contributed by atoms with Gasteiger partial charge in [-0.2, -0.15) is 0 Å². The van der Waals surface area contributed by atoms with Gasteiger partial charge in [0.15, 0.2) is 0 Å². The number of amides is 2. The van der Waals surface area contributed by atoms with E-state index in [-0.39, 0.29) is 22.4 Å². The number of aryl methyl sites for hydroxylation is 2. The minimum absolute atomic E-state index is 0.0320. The third-order valence-corrected chi connectivity index (χ3v) is 8.72. The first-order chi connectivity index (χ1) is 19.2. The highest BCUT2D eigenvalue weighted by molar-refractivity contribution is 6.33. The van der Waals surface area contributed by atoms with Crippen molar-refractivity contribution < 1.29 is 14.0 Å². The number of halogens is 2. The van der Waals surface area contributed by atoms with Crippen LogP contribution in [0, 0.1) is 31.5 Å². The van der Waals surface area contributed by atoms with E-state index in [2.05, 4.69) is 10.6 Å². The van der Waals surface area contributed by atoms with Crippen LogP contribution in [0.4, 0.5) is 15.8 Å². The van der Waals surface area contributed by atoms with E-state index in [1.807, 2.05) is 63.2 Å². The van der Waals surface area contributed by atoms with E-state index in [1.165, 1.54) is 31.0 Å². The molecule has 3 atom stereocenters. The SMILES string of the molecule is Cc1ccc(NC(=O)[C@H]2C[C@@H](C)CN(C(=O)c3c(F)cccc3Cl)C2c2ccc(NC3CCCC3)cc2)cc1C. The normalized spacial score (nSPS) is 21.3. The van der Waals surface area contributed by atoms with Crippen LogP contribution >= 0.6 is 11.6 Å². The third kappa shape index (κ3) is 6.02. The quantitative estimate of drug-likeness (QED) is 0.321. The zero-order chi connectivity index (χ0) is 28.4. The fourth-order valence-corrected chi connectivity index (χ4v) is 6.40. The summed E-state index contributed by atoms with van der Waals surface area (Å²) in [6, 6.07) is 18.0. The van der Waals surface area contributed by atoms with Crippen molar-refractivity contribution in [2.24, 2.45) is 11.8 Å². The lowest BCUT2D eigenvalue weighted by molar-refractivity contribution is -0.124. The summed E-state index contributed by atoms with van der Waals surface area (Å²) in [7, 11) is 0. The number of nitrogens with one attached hydrogen (secondary N) is 2. The molecule has 40 heavy (non-hydrogen) atoms. The molecular formula is C33H37ClFN3O2. The van der Waals surface area contributed by atoms with Gasteiger partial charge in [-0.3, -0.25) is 9.59 Å². The Morgan fingerprint density at radius 3 is 2.33 bits per heavy atom. The Morgan fingerprint density at radius 2 is 1.65 bits per heavy atom. The summed E-state index contributed by atoms with van der Waals surface area (Å²) in [5.41, 5.74) is 4.65. The largest absolute Gasteiger partial charge is 0.382 e. The maximum atomic E-state index is 14.9. The molecule has 0 bridgehead atoms. The molecule has 7 heteroatoms. The second-order valence-electron chi connectivity index (χ2n) is 11.5. The predicted octanol–water partition coefficient (Wildman–Crippen LogP) is 7.93. The Kier molecular flexibility index (Phi) is 8.46. The number of carbonyl (C=O) groups is 2. The van der Waals surface area contributed by atoms with Crippen LogP contribution < -0.4 is 10.6 Å². The van der Waals surface area contributed by atoms with Crippen LogP contribution in [-0.4, -0.2) is 29.3 Å². The standard InChI is InChI=1S/C33H37ClFN3O2/c1-20-17-27(32(39)37-26-14-11-21(2)22(3)18-26)31(23-12-15-25(16-13-23)36-24-7-4-5-8-24)38(19-20)33(40)30-28(34)9-6-10-29(30)35/h6,9-16,18,20,24,27,31,36H,4-5,7-8,17,19H2,1-3H3,(H,37,39)/t20-,27+,31?/m1/s1. The Bertz CT molecular complexity index is 1370. The van der Waals surface area contributed by atoms with Gasteiger partial charge >= 0.3 is 0 Å². The molecule has 0 aromatic heterocycles. The number of hydrogen-bond donors (Lipinski definition) is 2. The number of nitrogens with zero attached hydrogens (tertiary/aromatic N) is 1. The molecule has 1 heterocycles. The highest BCUT2D eigenvalue weighted by Gasteiger charge is 2.43. The van der Waals surface area contributed by atoms with Crippen LogP contribution in [-0.2, 0) is 4.79 Å². The molecule has 1 saturated carbocycles. The van der Waals surface area contributed by atoms with Crippen LogP contribution in [0.1, 0.15) is 72.1 Å². The van der Waals surface area contributed by atoms with Crippen molar-refractivity contribution in [3.63, 3.8) is 0 Å². The van der Waals surface area contributed by atoms with Crippen molar-refractivity contribution in [3.8, 4) is 0 Å². The van der Waals surface area contributed by atoms with Gasteiger partial charge in [0.2, 0.25) is 5.91 Å². The van der Waals surface area contributed by atoms with E-state index in [0.717, 1.165) is 40.9 Å². The molecule has 2 amide bonds. The summed E-state index contributed by atoms with van der Waals surface area (Å²) in [5.74, 6) is -1.83. The summed E-state index contributed by atoms with van der Waals surface area (Å²) >= 11 is 6.33. The molecule has 0 radical (unpaired) electrons. The van der Waals surface area contributed by atoms with Crippen molar-refractivity contribution in [2.45, 2.75) is 65.0 Å². The van der Waals surface area contributed by atoms with E-state index < -0.39 is 23.7 Å². The minimum atomic E-state index is -0.665. The molecule has 5 rings (SSSR count). The van der Waals surface area contributed by atoms with Gasteiger partial charge in [-0.1, -0.05) is 55.6 Å². The first-order valence-electron chi connectivity index (χ1n) is 14.2. The van der Waals surface area contributed by atoms with Crippen LogP contribution in [0.25, 0.3) is 0 Å². The van der Waals surface area contributed by atoms with E-state index >= 15 is 0 Å². The monoisotopic (exact) mass is 561 g/mol. The zero-order valence-electron chi connectivity index (χ0n) is 23.3. The Balaban J connectivity index is 1.50. The molecule has 5 nitrogen and oxygen atoms in total. The van der Waals surface area contributed by atoms with Gasteiger partial charge in [-0.15, -0.1) is 0 Å². The second-order valence-corrected chi connectivity index (χ2v) is 11.9. The fraction of sp³-hybridized carbons (Fsp3) is 0.394. The lowest BCUT2D eigenvalue weighted by atomic mass is 9.79. The van der Waals surface area contributed by atoms with Crippen molar-refractivity contribution in [1.82, 2.24) is 4.90 Å². The van der Waals surface area contributed by atoms with Crippen molar-refractivity contribution >= 4 is 34.8 Å².